The number of rotatable bonds is 8. The Morgan fingerprint density at radius 3 is 2.48 bits per heavy atom. The average molecular weight is 479 g/mol. The molecular formula is C19H18N4O5S3. The van der Waals surface area contributed by atoms with Crippen LogP contribution in [0, 0.1) is 0 Å². The van der Waals surface area contributed by atoms with Crippen LogP contribution in [0.15, 0.2) is 65.0 Å². The second-order valence-electron chi connectivity index (χ2n) is 5.91. The summed E-state index contributed by atoms with van der Waals surface area (Å²) in [5.41, 5.74) is 0.504. The van der Waals surface area contributed by atoms with E-state index in [1.165, 1.54) is 48.9 Å². The molecule has 0 unspecified atom stereocenters. The van der Waals surface area contributed by atoms with E-state index in [1.807, 2.05) is 0 Å². The summed E-state index contributed by atoms with van der Waals surface area (Å²) < 4.78 is 37.7. The number of thiazole rings is 1. The Morgan fingerprint density at radius 1 is 1.13 bits per heavy atom. The van der Waals surface area contributed by atoms with E-state index in [4.69, 9.17) is 21.7 Å². The minimum absolute atomic E-state index is 0.0464. The van der Waals surface area contributed by atoms with Crippen molar-refractivity contribution >= 4 is 55.4 Å². The number of carbonyl (C=O) groups excluding carboxylic acids is 1. The highest BCUT2D eigenvalue weighted by molar-refractivity contribution is 7.93. The highest BCUT2D eigenvalue weighted by Crippen LogP contribution is 2.25. The predicted octanol–water partition coefficient (Wildman–Crippen LogP) is 2.84. The van der Waals surface area contributed by atoms with Crippen molar-refractivity contribution in [2.45, 2.75) is 4.90 Å². The Morgan fingerprint density at radius 2 is 1.84 bits per heavy atom. The topological polar surface area (TPSA) is 119 Å². The predicted molar refractivity (Wildman–Crippen MR) is 122 cm³/mol. The molecule has 0 saturated carbocycles. The molecular weight excluding hydrogens is 460 g/mol. The molecule has 12 heteroatoms. The smallest absolute Gasteiger partial charge is 0.264 e. The molecule has 0 aliphatic rings. The lowest BCUT2D eigenvalue weighted by atomic mass is 10.3. The van der Waals surface area contributed by atoms with Crippen molar-refractivity contribution in [3.05, 3.63) is 60.1 Å². The van der Waals surface area contributed by atoms with Gasteiger partial charge in [-0.05, 0) is 48.6 Å². The van der Waals surface area contributed by atoms with Crippen LogP contribution in [0.4, 0.5) is 10.8 Å². The molecule has 3 aromatic rings. The zero-order valence-corrected chi connectivity index (χ0v) is 18.6. The lowest BCUT2D eigenvalue weighted by molar-refractivity contribution is -0.121. The quantitative estimate of drug-likeness (QED) is 0.423. The molecule has 9 nitrogen and oxygen atoms in total. The van der Waals surface area contributed by atoms with Gasteiger partial charge in [0.25, 0.3) is 15.9 Å². The molecule has 3 N–H and O–H groups in total. The van der Waals surface area contributed by atoms with Gasteiger partial charge in [-0.25, -0.2) is 13.4 Å². The molecule has 2 aromatic carbocycles. The maximum atomic E-state index is 12.3. The summed E-state index contributed by atoms with van der Waals surface area (Å²) in [6.07, 6.45) is 1.51. The maximum absolute atomic E-state index is 12.3. The van der Waals surface area contributed by atoms with Crippen molar-refractivity contribution in [1.29, 1.82) is 0 Å². The van der Waals surface area contributed by atoms with Crippen molar-refractivity contribution in [2.24, 2.45) is 0 Å². The average Bonchev–Trinajstić information content (AvgIpc) is 3.25. The number of para-hydroxylation sites is 2. The molecule has 0 atom stereocenters. The van der Waals surface area contributed by atoms with E-state index >= 15 is 0 Å². The van der Waals surface area contributed by atoms with Gasteiger partial charge in [0.1, 0.15) is 0 Å². The Kier molecular flexibility index (Phi) is 7.39. The van der Waals surface area contributed by atoms with Crippen molar-refractivity contribution in [3.63, 3.8) is 0 Å². The molecule has 31 heavy (non-hydrogen) atoms. The summed E-state index contributed by atoms with van der Waals surface area (Å²) in [5, 5.41) is 7.29. The molecule has 162 valence electrons. The second kappa shape index (κ2) is 10.2. The summed E-state index contributed by atoms with van der Waals surface area (Å²) in [6.45, 7) is -0.262. The number of hydrogen-bond acceptors (Lipinski definition) is 8. The third-order valence-corrected chi connectivity index (χ3v) is 6.13. The van der Waals surface area contributed by atoms with Crippen LogP contribution in [0.5, 0.6) is 11.5 Å². The molecule has 0 bridgehead atoms. The number of aromatic nitrogens is 1. The van der Waals surface area contributed by atoms with Crippen LogP contribution in [-0.2, 0) is 14.8 Å². The van der Waals surface area contributed by atoms with E-state index in [1.54, 1.807) is 29.6 Å². The molecule has 0 fully saturated rings. The molecule has 3 rings (SSSR count). The van der Waals surface area contributed by atoms with Gasteiger partial charge >= 0.3 is 0 Å². The summed E-state index contributed by atoms with van der Waals surface area (Å²) in [5.74, 6) is 0.479. The van der Waals surface area contributed by atoms with Gasteiger partial charge in [-0.15, -0.1) is 11.3 Å². The minimum atomic E-state index is -3.75. The zero-order chi connectivity index (χ0) is 22.3. The monoisotopic (exact) mass is 478 g/mol. The van der Waals surface area contributed by atoms with Crippen molar-refractivity contribution in [1.82, 2.24) is 10.3 Å². The molecule has 0 spiro atoms. The normalized spacial score (nSPS) is 10.7. The van der Waals surface area contributed by atoms with Crippen molar-refractivity contribution in [3.8, 4) is 11.5 Å². The van der Waals surface area contributed by atoms with E-state index in [-0.39, 0.29) is 21.7 Å². The fraction of sp³-hybridized carbons (Fsp3) is 0.105. The number of sulfonamides is 1. The van der Waals surface area contributed by atoms with E-state index in [0.29, 0.717) is 17.2 Å². The number of anilines is 2. The lowest BCUT2D eigenvalue weighted by Gasteiger charge is -2.12. The van der Waals surface area contributed by atoms with Crippen molar-refractivity contribution in [2.75, 3.05) is 23.8 Å². The van der Waals surface area contributed by atoms with Crippen LogP contribution >= 0.6 is 23.6 Å². The highest BCUT2D eigenvalue weighted by atomic mass is 32.2. The molecule has 0 aliphatic heterocycles. The zero-order valence-electron chi connectivity index (χ0n) is 16.2. The largest absolute Gasteiger partial charge is 0.493 e. The number of carbonyl (C=O) groups is 1. The van der Waals surface area contributed by atoms with Crippen molar-refractivity contribution < 1.29 is 22.7 Å². The van der Waals surface area contributed by atoms with E-state index in [9.17, 15) is 13.2 Å². The number of nitrogens with one attached hydrogen (secondary N) is 3. The van der Waals surface area contributed by atoms with E-state index < -0.39 is 15.9 Å². The Hall–Kier alpha value is -3.22. The first kappa shape index (κ1) is 22.5. The number of ether oxygens (including phenoxy) is 2. The van der Waals surface area contributed by atoms with Gasteiger partial charge in [0.15, 0.2) is 28.3 Å². The number of methoxy groups -OCH3 is 1. The summed E-state index contributed by atoms with van der Waals surface area (Å²) in [6, 6.07) is 12.8. The Labute approximate surface area is 188 Å². The molecule has 1 amide bonds. The summed E-state index contributed by atoms with van der Waals surface area (Å²) >= 11 is 6.29. The first-order valence-corrected chi connectivity index (χ1v) is 11.5. The number of nitrogens with zero attached hydrogens (tertiary/aromatic N) is 1. The molecule has 0 aliphatic carbocycles. The number of hydrogen-bond donors (Lipinski definition) is 3. The van der Waals surface area contributed by atoms with Gasteiger partial charge in [0.05, 0.1) is 12.0 Å². The van der Waals surface area contributed by atoms with Gasteiger partial charge in [0, 0.05) is 17.3 Å². The van der Waals surface area contributed by atoms with Crippen LogP contribution in [0.2, 0.25) is 0 Å². The van der Waals surface area contributed by atoms with Gasteiger partial charge in [-0.1, -0.05) is 12.1 Å². The number of benzene rings is 2. The lowest BCUT2D eigenvalue weighted by Crippen LogP contribution is -2.37. The molecule has 1 aromatic heterocycles. The van der Waals surface area contributed by atoms with Crippen LogP contribution in [0.25, 0.3) is 0 Å². The third-order valence-electron chi connectivity index (χ3n) is 3.76. The van der Waals surface area contributed by atoms with Gasteiger partial charge in [0.2, 0.25) is 0 Å². The number of amides is 1. The number of thiocarbonyl (C=S) groups is 1. The molecule has 0 radical (unpaired) electrons. The standard InChI is InChI=1S/C19H18N4O5S3/c1-27-15-4-2-3-5-16(15)28-12-17(24)22-18(29)21-13-6-8-14(9-7-13)31(25,26)23-19-20-10-11-30-19/h2-11H,12H2,1H3,(H,20,23)(H2,21,22,24,29). The first-order chi connectivity index (χ1) is 14.9. The van der Waals surface area contributed by atoms with Crippen LogP contribution < -0.4 is 24.8 Å². The van der Waals surface area contributed by atoms with Gasteiger partial charge < -0.3 is 14.8 Å². The summed E-state index contributed by atoms with van der Waals surface area (Å²) in [7, 11) is -2.24. The summed E-state index contributed by atoms with van der Waals surface area (Å²) in [4.78, 5) is 16.0. The Bertz CT molecular complexity index is 1150. The first-order valence-electron chi connectivity index (χ1n) is 8.76. The highest BCUT2D eigenvalue weighted by Gasteiger charge is 2.15. The Balaban J connectivity index is 1.51. The SMILES string of the molecule is COc1ccccc1OCC(=O)NC(=S)Nc1ccc(S(=O)(=O)Nc2nccs2)cc1. The fourth-order valence-corrected chi connectivity index (χ4v) is 4.39. The van der Waals surface area contributed by atoms with Crippen LogP contribution in [0.3, 0.4) is 0 Å². The van der Waals surface area contributed by atoms with Gasteiger partial charge in [-0.3, -0.25) is 14.8 Å². The molecule has 0 saturated heterocycles. The van der Waals surface area contributed by atoms with E-state index in [2.05, 4.69) is 20.3 Å². The fourth-order valence-electron chi connectivity index (χ4n) is 2.37. The molecule has 1 heterocycles. The third kappa shape index (κ3) is 6.38. The van der Waals surface area contributed by atoms with Crippen LogP contribution in [0.1, 0.15) is 0 Å². The van der Waals surface area contributed by atoms with Crippen LogP contribution in [-0.4, -0.2) is 38.1 Å². The van der Waals surface area contributed by atoms with E-state index in [0.717, 1.165) is 0 Å². The maximum Gasteiger partial charge on any atom is 0.264 e. The second-order valence-corrected chi connectivity index (χ2v) is 8.89. The minimum Gasteiger partial charge on any atom is -0.493 e. The van der Waals surface area contributed by atoms with Gasteiger partial charge in [-0.2, -0.15) is 0 Å².